The minimum Gasteiger partial charge on any atom is -0.457 e. The van der Waals surface area contributed by atoms with E-state index in [0.717, 1.165) is 45.3 Å². The number of rotatable bonds is 6. The van der Waals surface area contributed by atoms with Crippen LogP contribution >= 0.6 is 0 Å². The van der Waals surface area contributed by atoms with E-state index in [-0.39, 0.29) is 0 Å². The lowest BCUT2D eigenvalue weighted by Crippen LogP contribution is -1.91. The lowest BCUT2D eigenvalue weighted by Gasteiger charge is -2.09. The maximum atomic E-state index is 6.03. The highest BCUT2D eigenvalue weighted by Crippen LogP contribution is 2.31. The number of nitrogens with zero attached hydrogens (tertiary/aromatic N) is 8. The van der Waals surface area contributed by atoms with Gasteiger partial charge in [-0.25, -0.2) is 19.0 Å². The number of fused-ring (bicyclic) bond motifs is 2. The number of aryl methyl sites for hydroxylation is 2. The molecule has 10 nitrogen and oxygen atoms in total. The van der Waals surface area contributed by atoms with E-state index < -0.39 is 0 Å². The normalized spacial score (nSPS) is 11.5. The summed E-state index contributed by atoms with van der Waals surface area (Å²) in [5.74, 6) is 2.85. The standard InChI is InChI=1S/C26H20N8O2/c1-17-11-19(3-5-23(17)35-21-7-9-33-25(13-21)27-15-29-33)31-32-20-4-6-24(18(2)12-20)36-22-8-10-34-26(14-22)28-16-30-34/h3-16H,1-2H3. The molecule has 6 aromatic rings. The van der Waals surface area contributed by atoms with Gasteiger partial charge < -0.3 is 9.47 Å². The smallest absolute Gasteiger partial charge is 0.158 e. The Bertz CT molecular complexity index is 1610. The molecule has 10 heteroatoms. The van der Waals surface area contributed by atoms with E-state index in [2.05, 4.69) is 30.4 Å². The number of aromatic nitrogens is 6. The van der Waals surface area contributed by atoms with E-state index in [4.69, 9.17) is 9.47 Å². The van der Waals surface area contributed by atoms with Crippen LogP contribution in [0.3, 0.4) is 0 Å². The van der Waals surface area contributed by atoms with Gasteiger partial charge in [0, 0.05) is 24.5 Å². The molecule has 0 saturated heterocycles. The van der Waals surface area contributed by atoms with Crippen molar-refractivity contribution in [2.24, 2.45) is 10.2 Å². The van der Waals surface area contributed by atoms with Gasteiger partial charge in [0.2, 0.25) is 0 Å². The molecule has 0 aliphatic rings. The number of hydrogen-bond acceptors (Lipinski definition) is 8. The summed E-state index contributed by atoms with van der Waals surface area (Å²) < 4.78 is 15.4. The zero-order valence-corrected chi connectivity index (χ0v) is 19.5. The van der Waals surface area contributed by atoms with Crippen molar-refractivity contribution < 1.29 is 9.47 Å². The van der Waals surface area contributed by atoms with E-state index in [1.54, 1.807) is 9.03 Å². The van der Waals surface area contributed by atoms with Crippen molar-refractivity contribution in [3.8, 4) is 23.0 Å². The van der Waals surface area contributed by atoms with Crippen LogP contribution < -0.4 is 9.47 Å². The summed E-state index contributed by atoms with van der Waals surface area (Å²) >= 11 is 0. The number of benzene rings is 2. The quantitative estimate of drug-likeness (QED) is 0.258. The molecule has 0 radical (unpaired) electrons. The maximum absolute atomic E-state index is 6.03. The van der Waals surface area contributed by atoms with E-state index in [1.807, 2.05) is 86.9 Å². The molecule has 36 heavy (non-hydrogen) atoms. The van der Waals surface area contributed by atoms with Gasteiger partial charge in [0.1, 0.15) is 35.7 Å². The van der Waals surface area contributed by atoms with Gasteiger partial charge in [0.05, 0.1) is 11.4 Å². The average molecular weight is 477 g/mol. The van der Waals surface area contributed by atoms with Crippen LogP contribution in [0.25, 0.3) is 11.3 Å². The Kier molecular flexibility index (Phi) is 5.30. The largest absolute Gasteiger partial charge is 0.457 e. The molecule has 0 aliphatic carbocycles. The summed E-state index contributed by atoms with van der Waals surface area (Å²) in [6, 6.07) is 18.7. The predicted molar refractivity (Wildman–Crippen MR) is 133 cm³/mol. The fourth-order valence-electron chi connectivity index (χ4n) is 3.71. The van der Waals surface area contributed by atoms with Gasteiger partial charge in [-0.2, -0.15) is 20.4 Å². The molecule has 0 fully saturated rings. The zero-order chi connectivity index (χ0) is 24.5. The van der Waals surface area contributed by atoms with E-state index >= 15 is 0 Å². The Morgan fingerprint density at radius 1 is 0.611 bits per heavy atom. The van der Waals surface area contributed by atoms with Crippen LogP contribution in [0.2, 0.25) is 0 Å². The first-order valence-electron chi connectivity index (χ1n) is 11.2. The first kappa shape index (κ1) is 21.4. The molecule has 0 N–H and O–H groups in total. The third kappa shape index (κ3) is 4.34. The summed E-state index contributed by atoms with van der Waals surface area (Å²) in [5, 5.41) is 17.0. The van der Waals surface area contributed by atoms with Crippen LogP contribution in [0.15, 0.2) is 95.9 Å². The van der Waals surface area contributed by atoms with Gasteiger partial charge in [0.25, 0.3) is 0 Å². The topological polar surface area (TPSA) is 104 Å². The molecule has 2 aromatic carbocycles. The van der Waals surface area contributed by atoms with Gasteiger partial charge in [-0.3, -0.25) is 0 Å². The summed E-state index contributed by atoms with van der Waals surface area (Å²) in [7, 11) is 0. The second-order valence-corrected chi connectivity index (χ2v) is 8.15. The highest BCUT2D eigenvalue weighted by Gasteiger charge is 2.07. The molecule has 0 spiro atoms. The highest BCUT2D eigenvalue weighted by molar-refractivity contribution is 5.52. The predicted octanol–water partition coefficient (Wildman–Crippen LogP) is 6.39. The molecule has 4 heterocycles. The van der Waals surface area contributed by atoms with Crippen molar-refractivity contribution in [2.45, 2.75) is 13.8 Å². The number of pyridine rings is 2. The first-order valence-corrected chi connectivity index (χ1v) is 11.2. The van der Waals surface area contributed by atoms with E-state index in [9.17, 15) is 0 Å². The lowest BCUT2D eigenvalue weighted by atomic mass is 10.2. The Hall–Kier alpha value is -5.12. The van der Waals surface area contributed by atoms with Crippen LogP contribution in [0.4, 0.5) is 11.4 Å². The average Bonchev–Trinajstić information content (AvgIpc) is 3.54. The van der Waals surface area contributed by atoms with Gasteiger partial charge >= 0.3 is 0 Å². The van der Waals surface area contributed by atoms with Crippen LogP contribution in [-0.2, 0) is 0 Å². The molecule has 176 valence electrons. The third-order valence-corrected chi connectivity index (χ3v) is 5.56. The molecular weight excluding hydrogens is 456 g/mol. The maximum Gasteiger partial charge on any atom is 0.158 e. The molecule has 0 aliphatic heterocycles. The van der Waals surface area contributed by atoms with E-state index in [1.165, 1.54) is 12.7 Å². The van der Waals surface area contributed by atoms with Crippen molar-refractivity contribution in [1.82, 2.24) is 29.2 Å². The molecule has 0 amide bonds. The summed E-state index contributed by atoms with van der Waals surface area (Å²) in [4.78, 5) is 8.37. The van der Waals surface area contributed by atoms with Crippen molar-refractivity contribution >= 4 is 22.7 Å². The van der Waals surface area contributed by atoms with Crippen LogP contribution in [-0.4, -0.2) is 29.2 Å². The second kappa shape index (κ2) is 8.91. The third-order valence-electron chi connectivity index (χ3n) is 5.56. The Morgan fingerprint density at radius 3 is 1.53 bits per heavy atom. The van der Waals surface area contributed by atoms with Crippen molar-refractivity contribution in [1.29, 1.82) is 0 Å². The molecule has 6 rings (SSSR count). The second-order valence-electron chi connectivity index (χ2n) is 8.15. The van der Waals surface area contributed by atoms with E-state index in [0.29, 0.717) is 11.5 Å². The van der Waals surface area contributed by atoms with Crippen LogP contribution in [0.5, 0.6) is 23.0 Å². The molecule has 0 saturated carbocycles. The Labute approximate surface area is 205 Å². The molecule has 0 unspecified atom stereocenters. The summed E-state index contributed by atoms with van der Waals surface area (Å²) in [6.07, 6.45) is 6.63. The Morgan fingerprint density at radius 2 is 1.08 bits per heavy atom. The van der Waals surface area contributed by atoms with Gasteiger partial charge in [-0.05, 0) is 73.5 Å². The summed E-state index contributed by atoms with van der Waals surface area (Å²) in [5.41, 5.74) is 4.78. The highest BCUT2D eigenvalue weighted by atomic mass is 16.5. The molecule has 4 aromatic heterocycles. The molecule has 0 bridgehead atoms. The Balaban J connectivity index is 1.15. The minimum absolute atomic E-state index is 0.687. The van der Waals surface area contributed by atoms with Gasteiger partial charge in [-0.15, -0.1) is 0 Å². The van der Waals surface area contributed by atoms with Gasteiger partial charge in [-0.1, -0.05) is 0 Å². The van der Waals surface area contributed by atoms with Crippen molar-refractivity contribution in [3.05, 3.63) is 96.8 Å². The monoisotopic (exact) mass is 476 g/mol. The number of hydrogen-bond donors (Lipinski definition) is 0. The first-order chi connectivity index (χ1) is 17.6. The minimum atomic E-state index is 0.687. The van der Waals surface area contributed by atoms with Crippen molar-refractivity contribution in [3.63, 3.8) is 0 Å². The fourth-order valence-corrected chi connectivity index (χ4v) is 3.71. The SMILES string of the molecule is Cc1cc(N=Nc2ccc(Oc3ccn4ncnc4c3)c(C)c2)ccc1Oc1ccn2ncnc2c1. The zero-order valence-electron chi connectivity index (χ0n) is 19.5. The number of ether oxygens (including phenoxy) is 2. The fraction of sp³-hybridized carbons (Fsp3) is 0.0769. The molecular formula is C26H20N8O2. The number of azo groups is 1. The summed E-state index contributed by atoms with van der Waals surface area (Å²) in [6.45, 7) is 3.94. The molecule has 0 atom stereocenters. The van der Waals surface area contributed by atoms with Gasteiger partial charge in [0.15, 0.2) is 11.3 Å². The van der Waals surface area contributed by atoms with Crippen LogP contribution in [0.1, 0.15) is 11.1 Å². The van der Waals surface area contributed by atoms with Crippen molar-refractivity contribution in [2.75, 3.05) is 0 Å². The van der Waals surface area contributed by atoms with Crippen LogP contribution in [0, 0.1) is 13.8 Å². The lowest BCUT2D eigenvalue weighted by molar-refractivity contribution is 0.478.